The van der Waals surface area contributed by atoms with Gasteiger partial charge in [-0.1, -0.05) is 29.5 Å². The lowest BCUT2D eigenvalue weighted by Gasteiger charge is -2.22. The largest absolute Gasteiger partial charge is 0.310 e. The van der Waals surface area contributed by atoms with E-state index in [0.29, 0.717) is 6.42 Å². The summed E-state index contributed by atoms with van der Waals surface area (Å²) in [5.74, 6) is 0.839. The van der Waals surface area contributed by atoms with Gasteiger partial charge in [-0.3, -0.25) is 4.79 Å². The lowest BCUT2D eigenvalue weighted by Crippen LogP contribution is -2.24. The number of hydrogen-bond donors (Lipinski definition) is 1. The maximum absolute atomic E-state index is 12.3. The Kier molecular flexibility index (Phi) is 3.26. The number of carbonyl (C=O) groups is 1. The number of rotatable bonds is 2. The minimum Gasteiger partial charge on any atom is -0.310 e. The highest BCUT2D eigenvalue weighted by molar-refractivity contribution is 7.20. The maximum Gasteiger partial charge on any atom is 0.226 e. The Morgan fingerprint density at radius 2 is 2.12 bits per heavy atom. The highest BCUT2D eigenvalue weighted by atomic mass is 32.1. The number of aromatic nitrogens is 3. The third kappa shape index (κ3) is 2.31. The number of benzene rings is 1. The van der Waals surface area contributed by atoms with Gasteiger partial charge in [0.05, 0.1) is 15.9 Å². The standard InChI is InChI=1S/C18H14N4OS2/c1-10-16-11(13-7-4-8-24-13)9-15(23)20-17(16)22(21-10)18-19-12-5-2-3-6-14(12)25-18/h2-8,11H,9H2,1H3,(H,20,23)/t11-/m1/s1. The molecular weight excluding hydrogens is 352 g/mol. The summed E-state index contributed by atoms with van der Waals surface area (Å²) in [6.45, 7) is 2.00. The molecule has 1 aliphatic rings. The van der Waals surface area contributed by atoms with Crippen molar-refractivity contribution in [2.75, 3.05) is 5.32 Å². The van der Waals surface area contributed by atoms with E-state index in [1.807, 2.05) is 37.3 Å². The van der Waals surface area contributed by atoms with Gasteiger partial charge in [-0.2, -0.15) is 9.78 Å². The summed E-state index contributed by atoms with van der Waals surface area (Å²) in [6.07, 6.45) is 0.458. The summed E-state index contributed by atoms with van der Waals surface area (Å²) in [6, 6.07) is 12.1. The molecule has 0 saturated carbocycles. The van der Waals surface area contributed by atoms with Crippen LogP contribution in [0.15, 0.2) is 41.8 Å². The molecule has 7 heteroatoms. The van der Waals surface area contributed by atoms with Crippen molar-refractivity contribution >= 4 is 44.6 Å². The lowest BCUT2D eigenvalue weighted by molar-refractivity contribution is -0.116. The van der Waals surface area contributed by atoms with Gasteiger partial charge in [0.15, 0.2) is 0 Å². The number of thiazole rings is 1. The highest BCUT2D eigenvalue weighted by Crippen LogP contribution is 2.42. The quantitative estimate of drug-likeness (QED) is 0.574. The zero-order valence-corrected chi connectivity index (χ0v) is 15.0. The van der Waals surface area contributed by atoms with Gasteiger partial charge in [0.2, 0.25) is 11.0 Å². The summed E-state index contributed by atoms with van der Waals surface area (Å²) >= 11 is 3.26. The fraction of sp³-hybridized carbons (Fsp3) is 0.167. The van der Waals surface area contributed by atoms with Gasteiger partial charge >= 0.3 is 0 Å². The first-order chi connectivity index (χ1) is 12.2. The van der Waals surface area contributed by atoms with Gasteiger partial charge in [-0.05, 0) is 30.5 Å². The van der Waals surface area contributed by atoms with Crippen LogP contribution in [0.2, 0.25) is 0 Å². The van der Waals surface area contributed by atoms with E-state index in [4.69, 9.17) is 5.10 Å². The van der Waals surface area contributed by atoms with Gasteiger partial charge in [-0.15, -0.1) is 11.3 Å². The van der Waals surface area contributed by atoms with E-state index in [9.17, 15) is 4.79 Å². The monoisotopic (exact) mass is 366 g/mol. The van der Waals surface area contributed by atoms with E-state index >= 15 is 0 Å². The van der Waals surface area contributed by atoms with E-state index in [1.165, 1.54) is 4.88 Å². The number of carbonyl (C=O) groups excluding carboxylic acids is 1. The van der Waals surface area contributed by atoms with Crippen LogP contribution < -0.4 is 5.32 Å². The van der Waals surface area contributed by atoms with E-state index in [-0.39, 0.29) is 11.8 Å². The average molecular weight is 366 g/mol. The molecule has 124 valence electrons. The van der Waals surface area contributed by atoms with Gasteiger partial charge in [0.25, 0.3) is 0 Å². The molecule has 0 fully saturated rings. The zero-order chi connectivity index (χ0) is 17.0. The molecule has 1 aliphatic heterocycles. The molecule has 4 heterocycles. The average Bonchev–Trinajstić information content (AvgIpc) is 3.32. The van der Waals surface area contributed by atoms with Crippen LogP contribution in [0.4, 0.5) is 5.82 Å². The minimum absolute atomic E-state index is 0.0214. The number of aryl methyl sites for hydroxylation is 1. The van der Waals surface area contributed by atoms with Crippen LogP contribution in [0, 0.1) is 6.92 Å². The second-order valence-electron chi connectivity index (χ2n) is 6.04. The number of nitrogens with zero attached hydrogens (tertiary/aromatic N) is 3. The predicted octanol–water partition coefficient (Wildman–Crippen LogP) is 4.33. The fourth-order valence-electron chi connectivity index (χ4n) is 3.37. The van der Waals surface area contributed by atoms with Crippen LogP contribution in [0.3, 0.4) is 0 Å². The Morgan fingerprint density at radius 1 is 1.24 bits per heavy atom. The number of para-hydroxylation sites is 1. The topological polar surface area (TPSA) is 59.8 Å². The van der Waals surface area contributed by atoms with Crippen molar-refractivity contribution in [1.82, 2.24) is 14.8 Å². The van der Waals surface area contributed by atoms with Crippen molar-refractivity contribution < 1.29 is 4.79 Å². The first-order valence-corrected chi connectivity index (χ1v) is 9.69. The molecule has 3 aromatic heterocycles. The van der Waals surface area contributed by atoms with Crippen molar-refractivity contribution in [3.8, 4) is 5.13 Å². The Morgan fingerprint density at radius 3 is 2.92 bits per heavy atom. The Bertz CT molecular complexity index is 1060. The number of hydrogen-bond acceptors (Lipinski definition) is 5. The van der Waals surface area contributed by atoms with E-state index < -0.39 is 0 Å². The SMILES string of the molecule is Cc1nn(-c2nc3ccccc3s2)c2c1[C@@H](c1cccs1)CC(=O)N2. The molecule has 5 nitrogen and oxygen atoms in total. The molecule has 0 unspecified atom stereocenters. The maximum atomic E-state index is 12.3. The molecular formula is C18H14N4OS2. The number of nitrogens with one attached hydrogen (secondary N) is 1. The van der Waals surface area contributed by atoms with Gasteiger partial charge in [0.1, 0.15) is 5.82 Å². The van der Waals surface area contributed by atoms with E-state index in [2.05, 4.69) is 21.7 Å². The first kappa shape index (κ1) is 14.8. The summed E-state index contributed by atoms with van der Waals surface area (Å²) in [7, 11) is 0. The van der Waals surface area contributed by atoms with E-state index in [0.717, 1.165) is 32.4 Å². The third-order valence-corrected chi connectivity index (χ3v) is 6.45. The molecule has 1 N–H and O–H groups in total. The van der Waals surface area contributed by atoms with Crippen LogP contribution >= 0.6 is 22.7 Å². The lowest BCUT2D eigenvalue weighted by atomic mass is 9.91. The van der Waals surface area contributed by atoms with Crippen LogP contribution in [0.5, 0.6) is 0 Å². The third-order valence-electron chi connectivity index (χ3n) is 4.45. The minimum atomic E-state index is 0.0214. The predicted molar refractivity (Wildman–Crippen MR) is 101 cm³/mol. The fourth-order valence-corrected chi connectivity index (χ4v) is 5.13. The normalized spacial score (nSPS) is 16.8. The van der Waals surface area contributed by atoms with Crippen molar-refractivity contribution in [2.24, 2.45) is 0 Å². The second kappa shape index (κ2) is 5.50. The molecule has 0 aliphatic carbocycles. The molecule has 5 rings (SSSR count). The molecule has 25 heavy (non-hydrogen) atoms. The van der Waals surface area contributed by atoms with Crippen LogP contribution in [-0.4, -0.2) is 20.7 Å². The Hall–Kier alpha value is -2.51. The molecule has 0 bridgehead atoms. The molecule has 0 saturated heterocycles. The zero-order valence-electron chi connectivity index (χ0n) is 13.4. The van der Waals surface area contributed by atoms with Crippen molar-refractivity contribution in [2.45, 2.75) is 19.3 Å². The number of thiophene rings is 1. The number of fused-ring (bicyclic) bond motifs is 2. The van der Waals surface area contributed by atoms with Gasteiger partial charge < -0.3 is 5.32 Å². The first-order valence-electron chi connectivity index (χ1n) is 7.99. The summed E-state index contributed by atoms with van der Waals surface area (Å²) < 4.78 is 2.89. The van der Waals surface area contributed by atoms with Crippen LogP contribution in [0.1, 0.15) is 28.5 Å². The summed E-state index contributed by atoms with van der Waals surface area (Å²) in [4.78, 5) is 18.2. The van der Waals surface area contributed by atoms with Crippen molar-refractivity contribution in [3.63, 3.8) is 0 Å². The van der Waals surface area contributed by atoms with Gasteiger partial charge in [0, 0.05) is 22.8 Å². The van der Waals surface area contributed by atoms with Gasteiger partial charge in [-0.25, -0.2) is 4.98 Å². The van der Waals surface area contributed by atoms with E-state index in [1.54, 1.807) is 27.4 Å². The second-order valence-corrected chi connectivity index (χ2v) is 8.03. The molecule has 0 radical (unpaired) electrons. The molecule has 4 aromatic rings. The Labute approximate surface area is 152 Å². The van der Waals surface area contributed by atoms with Crippen LogP contribution in [-0.2, 0) is 4.79 Å². The van der Waals surface area contributed by atoms with Crippen molar-refractivity contribution in [3.05, 3.63) is 57.9 Å². The Balaban J connectivity index is 1.70. The number of anilines is 1. The van der Waals surface area contributed by atoms with Crippen LogP contribution in [0.25, 0.3) is 15.3 Å². The summed E-state index contributed by atoms with van der Waals surface area (Å²) in [5, 5.41) is 10.5. The number of amides is 1. The van der Waals surface area contributed by atoms with Crippen molar-refractivity contribution in [1.29, 1.82) is 0 Å². The smallest absolute Gasteiger partial charge is 0.226 e. The summed E-state index contributed by atoms with van der Waals surface area (Å²) in [5.41, 5.74) is 2.98. The molecule has 0 spiro atoms. The molecule has 1 atom stereocenters. The molecule has 1 amide bonds. The molecule has 1 aromatic carbocycles. The highest BCUT2D eigenvalue weighted by Gasteiger charge is 2.33.